The average Bonchev–Trinajstić information content (AvgIpc) is 2.77. The first-order chi connectivity index (χ1) is 8.56. The molecule has 0 saturated carbocycles. The Morgan fingerprint density at radius 2 is 2.28 bits per heavy atom. The van der Waals surface area contributed by atoms with Gasteiger partial charge in [0.25, 0.3) is 0 Å². The molecule has 1 aliphatic rings. The molecule has 0 aliphatic carbocycles. The fraction of sp³-hybridized carbons (Fsp3) is 0.417. The summed E-state index contributed by atoms with van der Waals surface area (Å²) in [5.41, 5.74) is 0.0990. The minimum absolute atomic E-state index is 0.0727. The summed E-state index contributed by atoms with van der Waals surface area (Å²) in [4.78, 5) is 11.7. The Kier molecular flexibility index (Phi) is 3.88. The second-order valence-corrected chi connectivity index (χ2v) is 4.30. The monoisotopic (exact) mass is 256 g/mol. The predicted octanol–water partition coefficient (Wildman–Crippen LogP) is 0.304. The third kappa shape index (κ3) is 3.02. The van der Waals surface area contributed by atoms with Crippen molar-refractivity contribution in [1.82, 2.24) is 10.6 Å². The van der Waals surface area contributed by atoms with Crippen molar-refractivity contribution >= 4 is 5.91 Å². The highest BCUT2D eigenvalue weighted by atomic mass is 19.1. The molecule has 1 aromatic carbocycles. The van der Waals surface area contributed by atoms with Crippen LogP contribution in [0.2, 0.25) is 0 Å². The summed E-state index contributed by atoms with van der Waals surface area (Å²) in [5, 5.41) is 14.6. The van der Waals surface area contributed by atoms with Crippen molar-refractivity contribution in [3.8, 4) is 0 Å². The smallest absolute Gasteiger partial charge is 0.237 e. The van der Waals surface area contributed by atoms with Crippen molar-refractivity contribution in [3.63, 3.8) is 0 Å². The molecule has 2 atom stereocenters. The van der Waals surface area contributed by atoms with E-state index in [0.717, 1.165) is 18.2 Å². The van der Waals surface area contributed by atoms with Gasteiger partial charge in [0.2, 0.25) is 5.91 Å². The highest BCUT2D eigenvalue weighted by molar-refractivity contribution is 5.82. The molecule has 4 nitrogen and oxygen atoms in total. The van der Waals surface area contributed by atoms with Gasteiger partial charge < -0.3 is 15.7 Å². The zero-order valence-electron chi connectivity index (χ0n) is 9.62. The molecule has 0 spiro atoms. The van der Waals surface area contributed by atoms with E-state index >= 15 is 0 Å². The molecule has 1 amide bonds. The highest BCUT2D eigenvalue weighted by Crippen LogP contribution is 2.10. The summed E-state index contributed by atoms with van der Waals surface area (Å²) in [6.07, 6.45) is -0.205. The van der Waals surface area contributed by atoms with Crippen LogP contribution in [0, 0.1) is 11.6 Å². The number of rotatable bonds is 3. The standard InChI is InChI=1S/C12H14F2N2O2/c13-8-1-2-10(14)7(3-8)5-16-12(18)11-4-9(17)6-15-11/h1-3,9,11,15,17H,4-6H2,(H,16,18). The molecule has 0 radical (unpaired) electrons. The Morgan fingerprint density at radius 3 is 2.94 bits per heavy atom. The maximum absolute atomic E-state index is 13.3. The molecule has 2 rings (SSSR count). The Balaban J connectivity index is 1.91. The molecule has 1 aromatic rings. The number of halogens is 2. The predicted molar refractivity (Wildman–Crippen MR) is 60.6 cm³/mol. The summed E-state index contributed by atoms with van der Waals surface area (Å²) in [7, 11) is 0. The average molecular weight is 256 g/mol. The van der Waals surface area contributed by atoms with Crippen LogP contribution in [-0.2, 0) is 11.3 Å². The Hall–Kier alpha value is -1.53. The molecule has 1 heterocycles. The summed E-state index contributed by atoms with van der Waals surface area (Å²) in [6, 6.07) is 2.62. The molecule has 18 heavy (non-hydrogen) atoms. The largest absolute Gasteiger partial charge is 0.392 e. The summed E-state index contributed by atoms with van der Waals surface area (Å²) in [5.74, 6) is -1.43. The van der Waals surface area contributed by atoms with Gasteiger partial charge in [0.1, 0.15) is 11.6 Å². The molecular formula is C12H14F2N2O2. The molecule has 6 heteroatoms. The van der Waals surface area contributed by atoms with E-state index in [1.165, 1.54) is 0 Å². The van der Waals surface area contributed by atoms with Crippen LogP contribution in [0.3, 0.4) is 0 Å². The number of nitrogens with one attached hydrogen (secondary N) is 2. The Bertz CT molecular complexity index is 454. The number of β-amino-alcohol motifs (C(OH)–C–C–N with tert-alkyl or cyclic N) is 1. The van der Waals surface area contributed by atoms with E-state index in [9.17, 15) is 18.7 Å². The van der Waals surface area contributed by atoms with E-state index in [1.807, 2.05) is 0 Å². The maximum atomic E-state index is 13.3. The molecule has 98 valence electrons. The number of hydrogen-bond donors (Lipinski definition) is 3. The lowest BCUT2D eigenvalue weighted by Gasteiger charge is -2.11. The number of carbonyl (C=O) groups is 1. The van der Waals surface area contributed by atoms with Gasteiger partial charge in [0, 0.05) is 18.7 Å². The van der Waals surface area contributed by atoms with Gasteiger partial charge in [-0.15, -0.1) is 0 Å². The quantitative estimate of drug-likeness (QED) is 0.729. The van der Waals surface area contributed by atoms with Gasteiger partial charge in [-0.25, -0.2) is 8.78 Å². The normalized spacial score (nSPS) is 23.1. The number of hydrogen-bond acceptors (Lipinski definition) is 3. The molecule has 2 unspecified atom stereocenters. The van der Waals surface area contributed by atoms with Crippen molar-refractivity contribution in [2.45, 2.75) is 25.1 Å². The number of carbonyl (C=O) groups excluding carboxylic acids is 1. The third-order valence-corrected chi connectivity index (χ3v) is 2.88. The molecule has 0 bridgehead atoms. The van der Waals surface area contributed by atoms with Gasteiger partial charge in [-0.1, -0.05) is 0 Å². The van der Waals surface area contributed by atoms with E-state index in [1.54, 1.807) is 0 Å². The van der Waals surface area contributed by atoms with Crippen LogP contribution in [0.4, 0.5) is 8.78 Å². The topological polar surface area (TPSA) is 61.4 Å². The third-order valence-electron chi connectivity index (χ3n) is 2.88. The Morgan fingerprint density at radius 1 is 1.50 bits per heavy atom. The number of benzene rings is 1. The number of amides is 1. The van der Waals surface area contributed by atoms with Gasteiger partial charge >= 0.3 is 0 Å². The number of aliphatic hydroxyl groups is 1. The minimum atomic E-state index is -0.559. The highest BCUT2D eigenvalue weighted by Gasteiger charge is 2.27. The summed E-state index contributed by atoms with van der Waals surface area (Å²) in [6.45, 7) is 0.295. The molecule has 1 saturated heterocycles. The fourth-order valence-electron chi connectivity index (χ4n) is 1.90. The maximum Gasteiger partial charge on any atom is 0.237 e. The zero-order valence-corrected chi connectivity index (χ0v) is 9.62. The summed E-state index contributed by atoms with van der Waals surface area (Å²) >= 11 is 0. The molecule has 0 aromatic heterocycles. The van der Waals surface area contributed by atoms with Crippen molar-refractivity contribution in [3.05, 3.63) is 35.4 Å². The van der Waals surface area contributed by atoms with Gasteiger partial charge in [0.05, 0.1) is 12.1 Å². The lowest BCUT2D eigenvalue weighted by molar-refractivity contribution is -0.123. The van der Waals surface area contributed by atoms with Crippen molar-refractivity contribution in [1.29, 1.82) is 0 Å². The van der Waals surface area contributed by atoms with Gasteiger partial charge in [-0.05, 0) is 24.6 Å². The zero-order chi connectivity index (χ0) is 13.1. The van der Waals surface area contributed by atoms with E-state index in [2.05, 4.69) is 10.6 Å². The van der Waals surface area contributed by atoms with Crippen molar-refractivity contribution in [2.24, 2.45) is 0 Å². The lowest BCUT2D eigenvalue weighted by atomic mass is 10.1. The first-order valence-corrected chi connectivity index (χ1v) is 5.69. The first-order valence-electron chi connectivity index (χ1n) is 5.69. The van der Waals surface area contributed by atoms with Crippen LogP contribution in [0.5, 0.6) is 0 Å². The molecule has 1 aliphatic heterocycles. The van der Waals surface area contributed by atoms with Crippen molar-refractivity contribution in [2.75, 3.05) is 6.54 Å². The van der Waals surface area contributed by atoms with E-state index < -0.39 is 23.8 Å². The van der Waals surface area contributed by atoms with E-state index in [-0.39, 0.29) is 18.0 Å². The second kappa shape index (κ2) is 5.41. The van der Waals surface area contributed by atoms with Gasteiger partial charge in [0.15, 0.2) is 0 Å². The molecule has 1 fully saturated rings. The van der Waals surface area contributed by atoms with Crippen LogP contribution in [0.15, 0.2) is 18.2 Å². The minimum Gasteiger partial charge on any atom is -0.392 e. The Labute approximate surface area is 103 Å². The van der Waals surface area contributed by atoms with Gasteiger partial charge in [-0.2, -0.15) is 0 Å². The van der Waals surface area contributed by atoms with Crippen LogP contribution >= 0.6 is 0 Å². The number of aliphatic hydroxyl groups excluding tert-OH is 1. The van der Waals surface area contributed by atoms with Crippen molar-refractivity contribution < 1.29 is 18.7 Å². The fourth-order valence-corrected chi connectivity index (χ4v) is 1.90. The van der Waals surface area contributed by atoms with Crippen LogP contribution in [0.25, 0.3) is 0 Å². The van der Waals surface area contributed by atoms with Crippen LogP contribution in [-0.4, -0.2) is 29.7 Å². The first kappa shape index (κ1) is 12.9. The SMILES string of the molecule is O=C(NCc1cc(F)ccc1F)C1CC(O)CN1. The van der Waals surface area contributed by atoms with E-state index in [0.29, 0.717) is 13.0 Å². The second-order valence-electron chi connectivity index (χ2n) is 4.30. The van der Waals surface area contributed by atoms with Crippen LogP contribution in [0.1, 0.15) is 12.0 Å². The molecular weight excluding hydrogens is 242 g/mol. The van der Waals surface area contributed by atoms with Gasteiger partial charge in [-0.3, -0.25) is 4.79 Å². The van der Waals surface area contributed by atoms with Crippen LogP contribution < -0.4 is 10.6 Å². The lowest BCUT2D eigenvalue weighted by Crippen LogP contribution is -2.40. The molecule has 3 N–H and O–H groups in total. The summed E-state index contributed by atoms with van der Waals surface area (Å²) < 4.78 is 26.2. The van der Waals surface area contributed by atoms with E-state index in [4.69, 9.17) is 0 Å².